The van der Waals surface area contributed by atoms with E-state index < -0.39 is 0 Å². The third-order valence-electron chi connectivity index (χ3n) is 1.73. The maximum atomic E-state index is 4.28. The molecule has 0 saturated heterocycles. The van der Waals surface area contributed by atoms with E-state index in [1.165, 1.54) is 0 Å². The average molecular weight is 282 g/mol. The molecule has 0 fully saturated rings. The third-order valence-corrected chi connectivity index (χ3v) is 3.38. The normalized spacial score (nSPS) is 10.2. The molecule has 3 nitrogen and oxygen atoms in total. The quantitative estimate of drug-likeness (QED) is 0.811. The number of halogens is 1. The van der Waals surface area contributed by atoms with Gasteiger partial charge in [0.2, 0.25) is 0 Å². The average Bonchev–Trinajstić information content (AvgIpc) is 2.29. The maximum Gasteiger partial charge on any atom is 0.115 e. The van der Waals surface area contributed by atoms with Gasteiger partial charge in [-0.15, -0.1) is 0 Å². The lowest BCUT2D eigenvalue weighted by Crippen LogP contribution is -1.88. The van der Waals surface area contributed by atoms with Crippen molar-refractivity contribution < 1.29 is 0 Å². The maximum absolute atomic E-state index is 4.28. The fourth-order valence-corrected chi connectivity index (χ4v) is 2.39. The van der Waals surface area contributed by atoms with E-state index in [-0.39, 0.29) is 0 Å². The number of hydrogen-bond acceptors (Lipinski definition) is 4. The summed E-state index contributed by atoms with van der Waals surface area (Å²) in [6.07, 6.45) is 6.90. The molecule has 15 heavy (non-hydrogen) atoms. The van der Waals surface area contributed by atoms with Gasteiger partial charge < -0.3 is 0 Å². The van der Waals surface area contributed by atoms with Crippen LogP contribution >= 0.6 is 27.7 Å². The second-order valence-corrected chi connectivity index (χ2v) is 4.61. The van der Waals surface area contributed by atoms with Crippen LogP contribution in [-0.2, 0) is 5.75 Å². The van der Waals surface area contributed by atoms with E-state index in [1.807, 2.05) is 12.1 Å². The molecule has 0 aromatic carbocycles. The van der Waals surface area contributed by atoms with Crippen molar-refractivity contribution in [1.29, 1.82) is 0 Å². The van der Waals surface area contributed by atoms with Gasteiger partial charge in [0.05, 0.1) is 11.9 Å². The summed E-state index contributed by atoms with van der Waals surface area (Å²) in [5.74, 6) is 0.792. The topological polar surface area (TPSA) is 38.7 Å². The highest BCUT2D eigenvalue weighted by atomic mass is 79.9. The van der Waals surface area contributed by atoms with Crippen LogP contribution in [0.3, 0.4) is 0 Å². The van der Waals surface area contributed by atoms with Crippen LogP contribution < -0.4 is 0 Å². The first-order valence-electron chi connectivity index (χ1n) is 4.34. The number of rotatable bonds is 3. The predicted molar refractivity (Wildman–Crippen MR) is 63.5 cm³/mol. The molecule has 0 bridgehead atoms. The Morgan fingerprint density at radius 3 is 2.87 bits per heavy atom. The van der Waals surface area contributed by atoms with Crippen LogP contribution in [0.4, 0.5) is 0 Å². The summed E-state index contributed by atoms with van der Waals surface area (Å²) in [5, 5.41) is 0.912. The molecule has 2 aromatic heterocycles. The van der Waals surface area contributed by atoms with Crippen molar-refractivity contribution in [2.45, 2.75) is 10.8 Å². The predicted octanol–water partition coefficient (Wildman–Crippen LogP) is 2.93. The largest absolute Gasteiger partial charge is 0.260 e. The molecule has 0 aliphatic heterocycles. The molecular weight excluding hydrogens is 274 g/mol. The van der Waals surface area contributed by atoms with Crippen LogP contribution in [0.1, 0.15) is 5.69 Å². The van der Waals surface area contributed by atoms with E-state index in [2.05, 4.69) is 30.9 Å². The number of nitrogens with zero attached hydrogens (tertiary/aromatic N) is 3. The molecule has 0 aliphatic rings. The fourth-order valence-electron chi connectivity index (χ4n) is 1.03. The molecule has 2 heterocycles. The highest BCUT2D eigenvalue weighted by molar-refractivity contribution is 9.10. The molecule has 0 spiro atoms. The first kappa shape index (κ1) is 10.6. The Labute approximate surface area is 101 Å². The summed E-state index contributed by atoms with van der Waals surface area (Å²) < 4.78 is 1.03. The molecule has 0 saturated carbocycles. The third kappa shape index (κ3) is 3.00. The summed E-state index contributed by atoms with van der Waals surface area (Å²) in [5.41, 5.74) is 1.02. The summed E-state index contributed by atoms with van der Waals surface area (Å²) in [7, 11) is 0. The number of hydrogen-bond donors (Lipinski definition) is 0. The molecule has 0 amide bonds. The lowest BCUT2D eigenvalue weighted by atomic mass is 10.4. The molecular formula is C10H8BrN3S. The molecule has 0 atom stereocenters. The second-order valence-electron chi connectivity index (χ2n) is 2.76. The SMILES string of the molecule is Brc1cccnc1CSc1cnccn1. The zero-order valence-electron chi connectivity index (χ0n) is 7.80. The van der Waals surface area contributed by atoms with Gasteiger partial charge >= 0.3 is 0 Å². The highest BCUT2D eigenvalue weighted by Gasteiger charge is 2.01. The van der Waals surface area contributed by atoms with Crippen molar-refractivity contribution in [1.82, 2.24) is 15.0 Å². The van der Waals surface area contributed by atoms with Crippen LogP contribution in [-0.4, -0.2) is 15.0 Å². The Morgan fingerprint density at radius 1 is 1.20 bits per heavy atom. The Morgan fingerprint density at radius 2 is 2.13 bits per heavy atom. The second kappa shape index (κ2) is 5.23. The smallest absolute Gasteiger partial charge is 0.115 e. The molecule has 0 radical (unpaired) electrons. The van der Waals surface area contributed by atoms with E-state index in [9.17, 15) is 0 Å². The van der Waals surface area contributed by atoms with Gasteiger partial charge in [0, 0.05) is 28.8 Å². The van der Waals surface area contributed by atoms with Gasteiger partial charge in [-0.25, -0.2) is 4.98 Å². The van der Waals surface area contributed by atoms with Crippen LogP contribution in [0.15, 0.2) is 46.4 Å². The highest BCUT2D eigenvalue weighted by Crippen LogP contribution is 2.23. The van der Waals surface area contributed by atoms with Gasteiger partial charge in [-0.1, -0.05) is 11.8 Å². The van der Waals surface area contributed by atoms with Gasteiger partial charge in [0.25, 0.3) is 0 Å². The number of thioether (sulfide) groups is 1. The standard InChI is InChI=1S/C10H8BrN3S/c11-8-2-1-3-13-9(8)7-15-10-6-12-4-5-14-10/h1-6H,7H2. The van der Waals surface area contributed by atoms with Gasteiger partial charge in [0.1, 0.15) is 5.03 Å². The number of pyridine rings is 1. The van der Waals surface area contributed by atoms with Gasteiger partial charge in [-0.05, 0) is 28.1 Å². The molecule has 5 heteroatoms. The summed E-state index contributed by atoms with van der Waals surface area (Å²) >= 11 is 5.08. The fraction of sp³-hybridized carbons (Fsp3) is 0.100. The minimum atomic E-state index is 0.792. The van der Waals surface area contributed by atoms with E-state index in [0.717, 1.165) is 20.9 Å². The van der Waals surface area contributed by atoms with Crippen molar-refractivity contribution in [2.24, 2.45) is 0 Å². The zero-order chi connectivity index (χ0) is 10.5. The number of aromatic nitrogens is 3. The van der Waals surface area contributed by atoms with Crippen LogP contribution in [0, 0.1) is 0 Å². The van der Waals surface area contributed by atoms with Crippen molar-refractivity contribution in [3.8, 4) is 0 Å². The first-order chi connectivity index (χ1) is 7.36. The molecule has 0 aliphatic carbocycles. The van der Waals surface area contributed by atoms with E-state index in [1.54, 1.807) is 36.5 Å². The van der Waals surface area contributed by atoms with Crippen molar-refractivity contribution in [3.05, 3.63) is 47.1 Å². The lowest BCUT2D eigenvalue weighted by molar-refractivity contribution is 1.05. The van der Waals surface area contributed by atoms with Crippen LogP contribution in [0.2, 0.25) is 0 Å². The Kier molecular flexibility index (Phi) is 3.69. The summed E-state index contributed by atoms with van der Waals surface area (Å²) in [6.45, 7) is 0. The molecule has 0 unspecified atom stereocenters. The zero-order valence-corrected chi connectivity index (χ0v) is 10.2. The monoisotopic (exact) mass is 281 g/mol. The van der Waals surface area contributed by atoms with Gasteiger partial charge in [-0.3, -0.25) is 9.97 Å². The Balaban J connectivity index is 2.03. The Bertz CT molecular complexity index is 436. The van der Waals surface area contributed by atoms with E-state index >= 15 is 0 Å². The molecule has 76 valence electrons. The van der Waals surface area contributed by atoms with E-state index in [4.69, 9.17) is 0 Å². The Hall–Kier alpha value is -0.940. The van der Waals surface area contributed by atoms with E-state index in [0.29, 0.717) is 0 Å². The first-order valence-corrected chi connectivity index (χ1v) is 6.12. The minimum Gasteiger partial charge on any atom is -0.260 e. The summed E-state index contributed by atoms with van der Waals surface area (Å²) in [6, 6.07) is 3.89. The van der Waals surface area contributed by atoms with Crippen molar-refractivity contribution >= 4 is 27.7 Å². The van der Waals surface area contributed by atoms with Crippen LogP contribution in [0.5, 0.6) is 0 Å². The molecule has 2 aromatic rings. The van der Waals surface area contributed by atoms with Gasteiger partial charge in [-0.2, -0.15) is 0 Å². The summed E-state index contributed by atoms with van der Waals surface area (Å²) in [4.78, 5) is 12.5. The van der Waals surface area contributed by atoms with Crippen molar-refractivity contribution in [3.63, 3.8) is 0 Å². The van der Waals surface area contributed by atoms with Crippen LogP contribution in [0.25, 0.3) is 0 Å². The van der Waals surface area contributed by atoms with Crippen molar-refractivity contribution in [2.75, 3.05) is 0 Å². The lowest BCUT2D eigenvalue weighted by Gasteiger charge is -2.01. The van der Waals surface area contributed by atoms with Gasteiger partial charge in [0.15, 0.2) is 0 Å². The minimum absolute atomic E-state index is 0.792. The molecule has 0 N–H and O–H groups in total. The molecule has 2 rings (SSSR count).